The maximum absolute atomic E-state index is 11.7. The molecule has 1 aliphatic rings. The molecule has 0 bridgehead atoms. The van der Waals surface area contributed by atoms with Crippen molar-refractivity contribution in [1.82, 2.24) is 5.32 Å². The molecule has 2 atom stereocenters. The molecule has 0 aromatic carbocycles. The van der Waals surface area contributed by atoms with Gasteiger partial charge in [0.25, 0.3) is 0 Å². The van der Waals surface area contributed by atoms with E-state index in [-0.39, 0.29) is 18.3 Å². The minimum absolute atomic E-state index is 0. The minimum Gasteiger partial charge on any atom is -0.391 e. The van der Waals surface area contributed by atoms with Crippen molar-refractivity contribution in [2.24, 2.45) is 5.92 Å². The number of alkyl halides is 1. The van der Waals surface area contributed by atoms with Crippen LogP contribution in [0.4, 0.5) is 4.39 Å². The average Bonchev–Trinajstić information content (AvgIpc) is 2.14. The molecular formula is C5H11ClFNO. The normalized spacial score (nSPS) is 34.0. The van der Waals surface area contributed by atoms with Gasteiger partial charge in [-0.05, 0) is 0 Å². The van der Waals surface area contributed by atoms with E-state index in [9.17, 15) is 4.39 Å². The van der Waals surface area contributed by atoms with Crippen molar-refractivity contribution in [2.45, 2.75) is 6.10 Å². The number of halogens is 2. The van der Waals surface area contributed by atoms with Crippen molar-refractivity contribution in [1.29, 1.82) is 0 Å². The Hall–Kier alpha value is 0.140. The van der Waals surface area contributed by atoms with E-state index in [2.05, 4.69) is 5.32 Å². The highest BCUT2D eigenvalue weighted by Gasteiger charge is 2.23. The Morgan fingerprint density at radius 2 is 2.22 bits per heavy atom. The third kappa shape index (κ3) is 2.08. The zero-order valence-electron chi connectivity index (χ0n) is 5.01. The Morgan fingerprint density at radius 1 is 1.56 bits per heavy atom. The van der Waals surface area contributed by atoms with Crippen LogP contribution in [0, 0.1) is 5.92 Å². The zero-order chi connectivity index (χ0) is 5.98. The molecule has 4 heteroatoms. The summed E-state index contributed by atoms with van der Waals surface area (Å²) >= 11 is 0. The van der Waals surface area contributed by atoms with E-state index in [0.717, 1.165) is 0 Å². The van der Waals surface area contributed by atoms with Crippen LogP contribution >= 0.6 is 12.4 Å². The van der Waals surface area contributed by atoms with Crippen LogP contribution in [0.15, 0.2) is 0 Å². The summed E-state index contributed by atoms with van der Waals surface area (Å²) < 4.78 is 11.7. The van der Waals surface area contributed by atoms with Crippen molar-refractivity contribution >= 4 is 12.4 Å². The Labute approximate surface area is 59.9 Å². The Balaban J connectivity index is 0.000000640. The lowest BCUT2D eigenvalue weighted by molar-refractivity contribution is 0.131. The van der Waals surface area contributed by atoms with Crippen molar-refractivity contribution in [3.8, 4) is 0 Å². The standard InChI is InChI=1S/C5H10FNO.ClH/c6-1-4-2-7-3-5(4)8;/h4-5,7-8H,1-3H2;1H/t4-,5-;/m1./s1. The summed E-state index contributed by atoms with van der Waals surface area (Å²) in [6, 6.07) is 0. The van der Waals surface area contributed by atoms with Gasteiger partial charge in [-0.3, -0.25) is 4.39 Å². The van der Waals surface area contributed by atoms with Crippen molar-refractivity contribution < 1.29 is 9.50 Å². The number of rotatable bonds is 1. The second kappa shape index (κ2) is 4.04. The fraction of sp³-hybridized carbons (Fsp3) is 1.00. The number of aliphatic hydroxyl groups excluding tert-OH is 1. The molecule has 0 amide bonds. The summed E-state index contributed by atoms with van der Waals surface area (Å²) in [5.74, 6) is -0.157. The molecule has 0 saturated carbocycles. The molecule has 0 unspecified atom stereocenters. The highest BCUT2D eigenvalue weighted by Crippen LogP contribution is 2.07. The Morgan fingerprint density at radius 3 is 2.44 bits per heavy atom. The van der Waals surface area contributed by atoms with Gasteiger partial charge in [0.05, 0.1) is 12.8 Å². The molecule has 1 heterocycles. The molecule has 0 aromatic rings. The predicted molar refractivity (Wildman–Crippen MR) is 35.6 cm³/mol. The molecule has 0 aliphatic carbocycles. The molecule has 56 valence electrons. The molecule has 0 radical (unpaired) electrons. The van der Waals surface area contributed by atoms with Gasteiger partial charge in [0.15, 0.2) is 0 Å². The molecule has 2 nitrogen and oxygen atoms in total. The summed E-state index contributed by atoms with van der Waals surface area (Å²) in [5.41, 5.74) is 0. The third-order valence-corrected chi connectivity index (χ3v) is 1.50. The second-order valence-electron chi connectivity index (χ2n) is 2.14. The quantitative estimate of drug-likeness (QED) is 0.557. The lowest BCUT2D eigenvalue weighted by Crippen LogP contribution is -2.19. The highest BCUT2D eigenvalue weighted by atomic mass is 35.5. The highest BCUT2D eigenvalue weighted by molar-refractivity contribution is 5.85. The molecule has 1 aliphatic heterocycles. The predicted octanol–water partition coefficient (Wildman–Crippen LogP) is -0.0420. The Bertz CT molecular complexity index is 83.4. The SMILES string of the molecule is Cl.O[C@@H]1CNC[C@H]1CF. The minimum atomic E-state index is -0.458. The largest absolute Gasteiger partial charge is 0.391 e. The van der Waals surface area contributed by atoms with E-state index in [4.69, 9.17) is 5.11 Å². The number of aliphatic hydroxyl groups is 1. The van der Waals surface area contributed by atoms with Gasteiger partial charge in [-0.2, -0.15) is 0 Å². The molecule has 1 saturated heterocycles. The summed E-state index contributed by atoms with van der Waals surface area (Å²) in [5, 5.41) is 11.8. The molecular weight excluding hydrogens is 145 g/mol. The molecule has 1 fully saturated rings. The third-order valence-electron chi connectivity index (χ3n) is 1.50. The molecule has 0 spiro atoms. The summed E-state index contributed by atoms with van der Waals surface area (Å²) in [7, 11) is 0. The summed E-state index contributed by atoms with van der Waals surface area (Å²) in [6.07, 6.45) is -0.458. The fourth-order valence-corrected chi connectivity index (χ4v) is 0.877. The van der Waals surface area contributed by atoms with Crippen LogP contribution in [0.3, 0.4) is 0 Å². The van der Waals surface area contributed by atoms with E-state index in [1.54, 1.807) is 0 Å². The first kappa shape index (κ1) is 9.14. The van der Waals surface area contributed by atoms with Gasteiger partial charge >= 0.3 is 0 Å². The van der Waals surface area contributed by atoms with Gasteiger partial charge in [0.2, 0.25) is 0 Å². The lowest BCUT2D eigenvalue weighted by atomic mass is 10.1. The van der Waals surface area contributed by atoms with Gasteiger partial charge in [0, 0.05) is 19.0 Å². The number of hydrogen-bond donors (Lipinski definition) is 2. The summed E-state index contributed by atoms with van der Waals surface area (Å²) in [4.78, 5) is 0. The van der Waals surface area contributed by atoms with E-state index in [1.165, 1.54) is 0 Å². The number of hydrogen-bond acceptors (Lipinski definition) is 2. The maximum Gasteiger partial charge on any atom is 0.0959 e. The first-order chi connectivity index (χ1) is 3.84. The maximum atomic E-state index is 11.7. The van der Waals surface area contributed by atoms with Gasteiger partial charge in [-0.25, -0.2) is 0 Å². The van der Waals surface area contributed by atoms with E-state index in [0.29, 0.717) is 13.1 Å². The molecule has 1 rings (SSSR count). The van der Waals surface area contributed by atoms with Crippen LogP contribution in [-0.4, -0.2) is 31.0 Å². The van der Waals surface area contributed by atoms with Gasteiger partial charge in [0.1, 0.15) is 0 Å². The van der Waals surface area contributed by atoms with E-state index in [1.807, 2.05) is 0 Å². The van der Waals surface area contributed by atoms with Crippen molar-refractivity contribution in [3.05, 3.63) is 0 Å². The van der Waals surface area contributed by atoms with E-state index < -0.39 is 12.8 Å². The fourth-order valence-electron chi connectivity index (χ4n) is 0.877. The van der Waals surface area contributed by atoms with Crippen LogP contribution < -0.4 is 5.32 Å². The molecule has 0 aromatic heterocycles. The van der Waals surface area contributed by atoms with Crippen LogP contribution in [0.1, 0.15) is 0 Å². The number of nitrogens with one attached hydrogen (secondary N) is 1. The molecule has 2 N–H and O–H groups in total. The van der Waals surface area contributed by atoms with Gasteiger partial charge < -0.3 is 10.4 Å². The van der Waals surface area contributed by atoms with Crippen molar-refractivity contribution in [3.63, 3.8) is 0 Å². The van der Waals surface area contributed by atoms with E-state index >= 15 is 0 Å². The smallest absolute Gasteiger partial charge is 0.0959 e. The van der Waals surface area contributed by atoms with Crippen LogP contribution in [0.2, 0.25) is 0 Å². The average molecular weight is 156 g/mol. The van der Waals surface area contributed by atoms with Crippen molar-refractivity contribution in [2.75, 3.05) is 19.8 Å². The number of β-amino-alcohol motifs (C(OH)–C–C–N with tert-alkyl or cyclic N) is 1. The zero-order valence-corrected chi connectivity index (χ0v) is 5.83. The molecule has 9 heavy (non-hydrogen) atoms. The van der Waals surface area contributed by atoms with Gasteiger partial charge in [-0.15, -0.1) is 12.4 Å². The van der Waals surface area contributed by atoms with Gasteiger partial charge in [-0.1, -0.05) is 0 Å². The topological polar surface area (TPSA) is 32.3 Å². The van der Waals surface area contributed by atoms with Crippen LogP contribution in [-0.2, 0) is 0 Å². The first-order valence-electron chi connectivity index (χ1n) is 2.79. The van der Waals surface area contributed by atoms with Crippen LogP contribution in [0.5, 0.6) is 0 Å². The lowest BCUT2D eigenvalue weighted by Gasteiger charge is -2.05. The second-order valence-corrected chi connectivity index (χ2v) is 2.14. The Kier molecular flexibility index (Phi) is 4.10. The monoisotopic (exact) mass is 155 g/mol. The first-order valence-corrected chi connectivity index (χ1v) is 2.79. The van der Waals surface area contributed by atoms with Crippen LogP contribution in [0.25, 0.3) is 0 Å². The summed E-state index contributed by atoms with van der Waals surface area (Å²) in [6.45, 7) is 0.764.